The van der Waals surface area contributed by atoms with E-state index < -0.39 is 10.7 Å². The van der Waals surface area contributed by atoms with Crippen LogP contribution in [0.2, 0.25) is 0 Å². The first kappa shape index (κ1) is 13.4. The number of ether oxygens (including phenoxy) is 1. The monoisotopic (exact) mass is 242 g/mol. The van der Waals surface area contributed by atoms with Gasteiger partial charge in [0.2, 0.25) is 0 Å². The van der Waals surface area contributed by atoms with Crippen molar-refractivity contribution in [3.8, 4) is 0 Å². The highest BCUT2D eigenvalue weighted by atomic mass is 19.1. The van der Waals surface area contributed by atoms with Gasteiger partial charge >= 0.3 is 0 Å². The van der Waals surface area contributed by atoms with Crippen LogP contribution in [0.1, 0.15) is 13.8 Å². The first-order valence-corrected chi connectivity index (χ1v) is 5.19. The summed E-state index contributed by atoms with van der Waals surface area (Å²) < 4.78 is 18.6. The molecule has 2 atom stereocenters. The quantitative estimate of drug-likeness (QED) is 0.636. The molecule has 94 valence electrons. The van der Waals surface area contributed by atoms with Crippen LogP contribution < -0.4 is 5.32 Å². The molecule has 6 heteroatoms. The number of rotatable bonds is 5. The fourth-order valence-electron chi connectivity index (χ4n) is 1.30. The van der Waals surface area contributed by atoms with Crippen molar-refractivity contribution >= 4 is 11.4 Å². The summed E-state index contributed by atoms with van der Waals surface area (Å²) in [6.07, 6.45) is -0.0930. The molecule has 1 aromatic rings. The smallest absolute Gasteiger partial charge is 0.272 e. The van der Waals surface area contributed by atoms with Crippen molar-refractivity contribution in [2.45, 2.75) is 26.0 Å². The number of methoxy groups -OCH3 is 1. The highest BCUT2D eigenvalue weighted by molar-refractivity contribution is 5.50. The molecule has 0 amide bonds. The molecule has 1 rings (SSSR count). The van der Waals surface area contributed by atoms with E-state index in [1.807, 2.05) is 13.8 Å². The molecule has 0 saturated carbocycles. The predicted molar refractivity (Wildman–Crippen MR) is 62.6 cm³/mol. The van der Waals surface area contributed by atoms with Crippen LogP contribution in [0.25, 0.3) is 0 Å². The van der Waals surface area contributed by atoms with Crippen LogP contribution in [0.15, 0.2) is 18.2 Å². The Bertz CT molecular complexity index is 412. The average Bonchev–Trinajstić information content (AvgIpc) is 2.30. The van der Waals surface area contributed by atoms with Gasteiger partial charge in [-0.15, -0.1) is 0 Å². The van der Waals surface area contributed by atoms with E-state index in [1.165, 1.54) is 12.1 Å². The Hall–Kier alpha value is -1.69. The maximum atomic E-state index is 13.5. The van der Waals surface area contributed by atoms with Crippen molar-refractivity contribution in [1.82, 2.24) is 0 Å². The lowest BCUT2D eigenvalue weighted by Crippen LogP contribution is -2.30. The first-order chi connectivity index (χ1) is 7.95. The molecule has 0 heterocycles. The Balaban J connectivity index is 2.82. The van der Waals surface area contributed by atoms with Crippen molar-refractivity contribution in [3.05, 3.63) is 34.1 Å². The standard InChI is InChI=1S/C11H15FN2O3/c1-7(8(2)17-3)13-11-5-4-9(14(15)16)6-10(11)12/h4-8,13H,1-3H3. The van der Waals surface area contributed by atoms with Gasteiger partial charge in [0.1, 0.15) is 0 Å². The molecule has 0 bridgehead atoms. The fourth-order valence-corrected chi connectivity index (χ4v) is 1.30. The Morgan fingerprint density at radius 3 is 2.59 bits per heavy atom. The zero-order chi connectivity index (χ0) is 13.0. The summed E-state index contributed by atoms with van der Waals surface area (Å²) in [6, 6.07) is 3.41. The number of hydrogen-bond acceptors (Lipinski definition) is 4. The molecule has 0 aliphatic carbocycles. The van der Waals surface area contributed by atoms with Crippen molar-refractivity contribution in [2.24, 2.45) is 0 Å². The summed E-state index contributed by atoms with van der Waals surface area (Å²) in [5.41, 5.74) is -0.0347. The molecule has 0 saturated heterocycles. The maximum Gasteiger partial charge on any atom is 0.272 e. The molecule has 17 heavy (non-hydrogen) atoms. The highest BCUT2D eigenvalue weighted by Gasteiger charge is 2.15. The number of anilines is 1. The number of nitrogens with zero attached hydrogens (tertiary/aromatic N) is 1. The summed E-state index contributed by atoms with van der Waals surface area (Å²) in [5, 5.41) is 13.3. The third kappa shape index (κ3) is 3.39. The lowest BCUT2D eigenvalue weighted by Gasteiger charge is -2.21. The Morgan fingerprint density at radius 1 is 1.47 bits per heavy atom. The summed E-state index contributed by atoms with van der Waals surface area (Å²) in [6.45, 7) is 3.69. The van der Waals surface area contributed by atoms with E-state index in [2.05, 4.69) is 5.32 Å². The highest BCUT2D eigenvalue weighted by Crippen LogP contribution is 2.21. The fraction of sp³-hybridized carbons (Fsp3) is 0.455. The molecule has 5 nitrogen and oxygen atoms in total. The minimum absolute atomic E-state index is 0.0930. The van der Waals surface area contributed by atoms with Gasteiger partial charge in [0.15, 0.2) is 5.82 Å². The normalized spacial score (nSPS) is 14.1. The zero-order valence-corrected chi connectivity index (χ0v) is 9.94. The molecule has 2 unspecified atom stereocenters. The van der Waals surface area contributed by atoms with Gasteiger partial charge in [0, 0.05) is 19.2 Å². The van der Waals surface area contributed by atoms with Gasteiger partial charge in [-0.2, -0.15) is 0 Å². The Labute approximate surface area is 98.7 Å². The number of nitro benzene ring substituents is 1. The number of non-ortho nitro benzene ring substituents is 1. The average molecular weight is 242 g/mol. The zero-order valence-electron chi connectivity index (χ0n) is 9.94. The van der Waals surface area contributed by atoms with Gasteiger partial charge in [-0.25, -0.2) is 4.39 Å². The second kappa shape index (κ2) is 5.58. The predicted octanol–water partition coefficient (Wildman–Crippen LogP) is 2.57. The summed E-state index contributed by atoms with van der Waals surface area (Å²) in [7, 11) is 1.56. The molecule has 0 spiro atoms. The van der Waals surface area contributed by atoms with Crippen LogP contribution in [-0.2, 0) is 4.74 Å². The minimum atomic E-state index is -0.644. The lowest BCUT2D eigenvalue weighted by atomic mass is 10.2. The lowest BCUT2D eigenvalue weighted by molar-refractivity contribution is -0.385. The van der Waals surface area contributed by atoms with Gasteiger partial charge in [-0.05, 0) is 19.9 Å². The second-order valence-electron chi connectivity index (χ2n) is 3.80. The van der Waals surface area contributed by atoms with Crippen molar-refractivity contribution in [3.63, 3.8) is 0 Å². The van der Waals surface area contributed by atoms with E-state index in [9.17, 15) is 14.5 Å². The number of nitrogens with one attached hydrogen (secondary N) is 1. The Morgan fingerprint density at radius 2 is 2.12 bits per heavy atom. The van der Waals surface area contributed by atoms with Crippen LogP contribution in [0.3, 0.4) is 0 Å². The van der Waals surface area contributed by atoms with Crippen LogP contribution in [0.5, 0.6) is 0 Å². The summed E-state index contributed by atoms with van der Waals surface area (Å²) in [5.74, 6) is -0.644. The number of nitro groups is 1. The van der Waals surface area contributed by atoms with E-state index in [-0.39, 0.29) is 23.5 Å². The van der Waals surface area contributed by atoms with Crippen molar-refractivity contribution in [2.75, 3.05) is 12.4 Å². The molecule has 0 aliphatic rings. The number of benzene rings is 1. The summed E-state index contributed by atoms with van der Waals surface area (Å²) >= 11 is 0. The van der Waals surface area contributed by atoms with Gasteiger partial charge in [-0.1, -0.05) is 0 Å². The molecule has 0 fully saturated rings. The molecule has 1 N–H and O–H groups in total. The van der Waals surface area contributed by atoms with E-state index in [4.69, 9.17) is 4.74 Å². The third-order valence-corrected chi connectivity index (χ3v) is 2.62. The van der Waals surface area contributed by atoms with Crippen molar-refractivity contribution in [1.29, 1.82) is 0 Å². The van der Waals surface area contributed by atoms with Crippen LogP contribution in [0, 0.1) is 15.9 Å². The molecule has 1 aromatic carbocycles. The molecular weight excluding hydrogens is 227 g/mol. The van der Waals surface area contributed by atoms with E-state index in [0.29, 0.717) is 0 Å². The van der Waals surface area contributed by atoms with Crippen LogP contribution in [0.4, 0.5) is 15.8 Å². The minimum Gasteiger partial charge on any atom is -0.380 e. The molecular formula is C11H15FN2O3. The van der Waals surface area contributed by atoms with E-state index >= 15 is 0 Å². The van der Waals surface area contributed by atoms with Gasteiger partial charge in [0.25, 0.3) is 5.69 Å². The van der Waals surface area contributed by atoms with Crippen molar-refractivity contribution < 1.29 is 14.1 Å². The van der Waals surface area contributed by atoms with Crippen LogP contribution in [-0.4, -0.2) is 24.2 Å². The topological polar surface area (TPSA) is 64.4 Å². The molecule has 0 radical (unpaired) electrons. The maximum absolute atomic E-state index is 13.5. The van der Waals surface area contributed by atoms with Gasteiger partial charge < -0.3 is 10.1 Å². The van der Waals surface area contributed by atoms with Gasteiger partial charge in [0.05, 0.1) is 22.8 Å². The Kier molecular flexibility index (Phi) is 4.39. The van der Waals surface area contributed by atoms with E-state index in [1.54, 1.807) is 7.11 Å². The van der Waals surface area contributed by atoms with Crippen LogP contribution >= 0.6 is 0 Å². The largest absolute Gasteiger partial charge is 0.380 e. The molecule has 0 aliphatic heterocycles. The third-order valence-electron chi connectivity index (χ3n) is 2.62. The first-order valence-electron chi connectivity index (χ1n) is 5.19. The second-order valence-corrected chi connectivity index (χ2v) is 3.80. The van der Waals surface area contributed by atoms with Gasteiger partial charge in [-0.3, -0.25) is 10.1 Å². The SMILES string of the molecule is COC(C)C(C)Nc1ccc([N+](=O)[O-])cc1F. The summed E-state index contributed by atoms with van der Waals surface area (Å²) in [4.78, 5) is 9.81. The molecule has 0 aromatic heterocycles. The number of hydrogen-bond donors (Lipinski definition) is 1. The number of halogens is 1. The van der Waals surface area contributed by atoms with E-state index in [0.717, 1.165) is 6.07 Å².